The van der Waals surface area contributed by atoms with E-state index in [0.717, 1.165) is 19.3 Å². The normalized spacial score (nSPS) is 31.1. The molecule has 1 heterocycles. The quantitative estimate of drug-likeness (QED) is 0.549. The number of fused-ring (bicyclic) bond motifs is 1. The number of Topliss-reactive ketones (excluding diaryl/α,β-unsaturated/α-hetero) is 1. The molecule has 1 fully saturated rings. The fourth-order valence-electron chi connectivity index (χ4n) is 2.34. The molecular weight excluding hydrogens is 232 g/mol. The lowest BCUT2D eigenvalue weighted by atomic mass is 9.88. The zero-order valence-electron chi connectivity index (χ0n) is 10.6. The van der Waals surface area contributed by atoms with Gasteiger partial charge in [-0.15, -0.1) is 0 Å². The Morgan fingerprint density at radius 3 is 2.83 bits per heavy atom. The second kappa shape index (κ2) is 5.78. The van der Waals surface area contributed by atoms with Crippen LogP contribution in [0, 0.1) is 0 Å². The second-order valence-electron chi connectivity index (χ2n) is 4.82. The predicted molar refractivity (Wildman–Crippen MR) is 67.1 cm³/mol. The van der Waals surface area contributed by atoms with Crippen LogP contribution in [0.25, 0.3) is 0 Å². The maximum Gasteiger partial charge on any atom is 0.193 e. The van der Waals surface area contributed by atoms with Crippen LogP contribution in [-0.2, 0) is 9.53 Å². The van der Waals surface area contributed by atoms with Gasteiger partial charge in [0.25, 0.3) is 0 Å². The van der Waals surface area contributed by atoms with Gasteiger partial charge in [-0.2, -0.15) is 0 Å². The van der Waals surface area contributed by atoms with E-state index in [0.29, 0.717) is 11.1 Å². The molecule has 0 saturated carbocycles. The standard InChI is InChI=1S/C14H20O4/c1-2-3-4-5-6-7-9-10(8-15)12(17)14-13(18-14)11(9)16/h6-7,11,13-16H,2-5,8H2,1H3/b7-6+/t11-,13+,14-/m1/s1. The summed E-state index contributed by atoms with van der Waals surface area (Å²) in [4.78, 5) is 11.8. The fourth-order valence-corrected chi connectivity index (χ4v) is 2.34. The summed E-state index contributed by atoms with van der Waals surface area (Å²) in [7, 11) is 0. The van der Waals surface area contributed by atoms with Gasteiger partial charge in [-0.25, -0.2) is 0 Å². The molecule has 0 bridgehead atoms. The Labute approximate surface area is 107 Å². The monoisotopic (exact) mass is 252 g/mol. The second-order valence-corrected chi connectivity index (χ2v) is 4.82. The molecule has 0 aromatic rings. The number of aliphatic hydroxyl groups excluding tert-OH is 2. The van der Waals surface area contributed by atoms with Crippen LogP contribution >= 0.6 is 0 Å². The lowest BCUT2D eigenvalue weighted by Gasteiger charge is -2.17. The molecule has 1 aliphatic carbocycles. The SMILES string of the molecule is CCCCC/C=C/C1=C(CO)C(=O)[C@H]2O[C@H]2[C@@H]1O. The molecule has 0 aromatic heterocycles. The minimum Gasteiger partial charge on any atom is -0.392 e. The Kier molecular flexibility index (Phi) is 4.32. The van der Waals surface area contributed by atoms with Crippen LogP contribution < -0.4 is 0 Å². The number of carbonyl (C=O) groups excluding carboxylic acids is 1. The molecule has 0 spiro atoms. The number of ketones is 1. The summed E-state index contributed by atoms with van der Waals surface area (Å²) in [5, 5.41) is 19.3. The first kappa shape index (κ1) is 13.5. The summed E-state index contributed by atoms with van der Waals surface area (Å²) in [6, 6.07) is 0. The highest BCUT2D eigenvalue weighted by Gasteiger charge is 2.55. The predicted octanol–water partition coefficient (Wildman–Crippen LogP) is 1.12. The number of allylic oxidation sites excluding steroid dienone is 1. The van der Waals surface area contributed by atoms with Gasteiger partial charge < -0.3 is 14.9 Å². The van der Waals surface area contributed by atoms with Gasteiger partial charge in [-0.05, 0) is 18.4 Å². The van der Waals surface area contributed by atoms with Crippen molar-refractivity contribution in [3.8, 4) is 0 Å². The van der Waals surface area contributed by atoms with Gasteiger partial charge in [-0.1, -0.05) is 31.9 Å². The van der Waals surface area contributed by atoms with Crippen molar-refractivity contribution >= 4 is 5.78 Å². The van der Waals surface area contributed by atoms with Crippen LogP contribution in [0.3, 0.4) is 0 Å². The lowest BCUT2D eigenvalue weighted by Crippen LogP contribution is -2.32. The van der Waals surface area contributed by atoms with E-state index >= 15 is 0 Å². The summed E-state index contributed by atoms with van der Waals surface area (Å²) >= 11 is 0. The van der Waals surface area contributed by atoms with Crippen molar-refractivity contribution < 1.29 is 19.7 Å². The Balaban J connectivity index is 2.05. The van der Waals surface area contributed by atoms with E-state index in [1.54, 1.807) is 6.08 Å². The largest absolute Gasteiger partial charge is 0.392 e. The van der Waals surface area contributed by atoms with Crippen molar-refractivity contribution in [3.63, 3.8) is 0 Å². The average Bonchev–Trinajstić information content (AvgIpc) is 3.15. The Bertz CT molecular complexity index is 383. The Hall–Kier alpha value is -0.970. The summed E-state index contributed by atoms with van der Waals surface area (Å²) < 4.78 is 5.12. The van der Waals surface area contributed by atoms with E-state index in [9.17, 15) is 15.0 Å². The minimum absolute atomic E-state index is 0.180. The number of hydrogen-bond donors (Lipinski definition) is 2. The maximum atomic E-state index is 11.8. The van der Waals surface area contributed by atoms with Gasteiger partial charge in [0.05, 0.1) is 6.61 Å². The van der Waals surface area contributed by atoms with Crippen molar-refractivity contribution in [1.29, 1.82) is 0 Å². The van der Waals surface area contributed by atoms with Gasteiger partial charge in [0.2, 0.25) is 0 Å². The number of epoxide rings is 1. The van der Waals surface area contributed by atoms with Gasteiger partial charge in [0.1, 0.15) is 18.3 Å². The molecule has 4 heteroatoms. The molecule has 0 radical (unpaired) electrons. The molecule has 100 valence electrons. The molecule has 4 nitrogen and oxygen atoms in total. The summed E-state index contributed by atoms with van der Waals surface area (Å²) in [5.74, 6) is -0.180. The Morgan fingerprint density at radius 1 is 1.39 bits per heavy atom. The van der Waals surface area contributed by atoms with Crippen molar-refractivity contribution in [2.75, 3.05) is 6.61 Å². The molecule has 18 heavy (non-hydrogen) atoms. The zero-order chi connectivity index (χ0) is 13.1. The molecule has 1 saturated heterocycles. The van der Waals surface area contributed by atoms with Crippen LogP contribution in [0.1, 0.15) is 32.6 Å². The van der Waals surface area contributed by atoms with E-state index in [4.69, 9.17) is 4.74 Å². The molecule has 0 aromatic carbocycles. The first-order chi connectivity index (χ1) is 8.70. The topological polar surface area (TPSA) is 70.1 Å². The molecule has 0 amide bonds. The van der Waals surface area contributed by atoms with Crippen LogP contribution in [0.5, 0.6) is 0 Å². The van der Waals surface area contributed by atoms with E-state index < -0.39 is 18.3 Å². The van der Waals surface area contributed by atoms with Crippen LogP contribution in [0.15, 0.2) is 23.3 Å². The third-order valence-corrected chi connectivity index (χ3v) is 3.49. The van der Waals surface area contributed by atoms with Crippen molar-refractivity contribution in [1.82, 2.24) is 0 Å². The number of unbranched alkanes of at least 4 members (excludes halogenated alkanes) is 3. The highest BCUT2D eigenvalue weighted by molar-refractivity contribution is 6.03. The van der Waals surface area contributed by atoms with Crippen LogP contribution in [0.4, 0.5) is 0 Å². The number of ether oxygens (including phenoxy) is 1. The third-order valence-electron chi connectivity index (χ3n) is 3.49. The van der Waals surface area contributed by atoms with E-state index in [-0.39, 0.29) is 12.4 Å². The van der Waals surface area contributed by atoms with Gasteiger partial charge in [0.15, 0.2) is 5.78 Å². The fraction of sp³-hybridized carbons (Fsp3) is 0.643. The van der Waals surface area contributed by atoms with Crippen molar-refractivity contribution in [3.05, 3.63) is 23.3 Å². The van der Waals surface area contributed by atoms with E-state index in [1.807, 2.05) is 6.08 Å². The Morgan fingerprint density at radius 2 is 2.17 bits per heavy atom. The summed E-state index contributed by atoms with van der Waals surface area (Å²) in [6.45, 7) is 1.81. The molecule has 3 atom stereocenters. The first-order valence-electron chi connectivity index (χ1n) is 6.58. The maximum absolute atomic E-state index is 11.8. The minimum atomic E-state index is -0.780. The van der Waals surface area contributed by atoms with E-state index in [2.05, 4.69) is 6.92 Å². The van der Waals surface area contributed by atoms with Crippen molar-refractivity contribution in [2.24, 2.45) is 0 Å². The molecule has 1 aliphatic heterocycles. The average molecular weight is 252 g/mol. The number of hydrogen-bond acceptors (Lipinski definition) is 4. The van der Waals surface area contributed by atoms with Gasteiger partial charge >= 0.3 is 0 Å². The lowest BCUT2D eigenvalue weighted by molar-refractivity contribution is -0.117. The van der Waals surface area contributed by atoms with Gasteiger partial charge in [0, 0.05) is 5.57 Å². The van der Waals surface area contributed by atoms with Crippen molar-refractivity contribution in [2.45, 2.75) is 50.9 Å². The third kappa shape index (κ3) is 2.55. The number of rotatable bonds is 6. The number of carbonyl (C=O) groups is 1. The molecule has 0 unspecified atom stereocenters. The van der Waals surface area contributed by atoms with Gasteiger partial charge in [-0.3, -0.25) is 4.79 Å². The van der Waals surface area contributed by atoms with Crippen LogP contribution in [-0.4, -0.2) is 40.9 Å². The van der Waals surface area contributed by atoms with Crippen LogP contribution in [0.2, 0.25) is 0 Å². The number of aliphatic hydroxyl groups is 2. The highest BCUT2D eigenvalue weighted by atomic mass is 16.6. The molecular formula is C14H20O4. The summed E-state index contributed by atoms with van der Waals surface area (Å²) in [6.07, 6.45) is 6.37. The highest BCUT2D eigenvalue weighted by Crippen LogP contribution is 2.38. The zero-order valence-corrected chi connectivity index (χ0v) is 10.6. The smallest absolute Gasteiger partial charge is 0.193 e. The first-order valence-corrected chi connectivity index (χ1v) is 6.58. The summed E-state index contributed by atoms with van der Waals surface area (Å²) in [5.41, 5.74) is 0.825. The molecule has 2 aliphatic rings. The molecule has 2 N–H and O–H groups in total. The molecule has 2 rings (SSSR count). The van der Waals surface area contributed by atoms with E-state index in [1.165, 1.54) is 6.42 Å².